The lowest BCUT2D eigenvalue weighted by molar-refractivity contribution is -0.132. The van der Waals surface area contributed by atoms with Crippen LogP contribution in [0.4, 0.5) is 0 Å². The van der Waals surface area contributed by atoms with Gasteiger partial charge in [0.05, 0.1) is 19.7 Å². The molecular formula is C16H24N2O3. The molecule has 1 aromatic rings. The highest BCUT2D eigenvalue weighted by atomic mass is 16.5. The van der Waals surface area contributed by atoms with Gasteiger partial charge in [-0.3, -0.25) is 4.79 Å². The van der Waals surface area contributed by atoms with E-state index in [-0.39, 0.29) is 11.9 Å². The van der Waals surface area contributed by atoms with Crippen LogP contribution in [-0.4, -0.2) is 50.7 Å². The average Bonchev–Trinajstić information content (AvgIpc) is 2.93. The minimum absolute atomic E-state index is 0.0454. The number of carbonyl (C=O) groups is 1. The molecule has 1 aromatic carbocycles. The molecule has 1 heterocycles. The number of methoxy groups -OCH3 is 1. The van der Waals surface area contributed by atoms with E-state index < -0.39 is 0 Å². The molecule has 0 radical (unpaired) electrons. The van der Waals surface area contributed by atoms with Gasteiger partial charge in [0.2, 0.25) is 5.91 Å². The Bertz CT molecular complexity index is 461. The van der Waals surface area contributed by atoms with Crippen molar-refractivity contribution < 1.29 is 14.3 Å². The monoisotopic (exact) mass is 292 g/mol. The van der Waals surface area contributed by atoms with Gasteiger partial charge in [-0.1, -0.05) is 6.92 Å². The van der Waals surface area contributed by atoms with Crippen LogP contribution in [0, 0.1) is 5.92 Å². The summed E-state index contributed by atoms with van der Waals surface area (Å²) < 4.78 is 10.7. The topological polar surface area (TPSA) is 50.8 Å². The number of hydrogen-bond donors (Lipinski definition) is 1. The molecule has 2 rings (SSSR count). The number of rotatable bonds is 6. The van der Waals surface area contributed by atoms with Gasteiger partial charge in [-0.15, -0.1) is 0 Å². The first-order valence-corrected chi connectivity index (χ1v) is 7.37. The first-order valence-electron chi connectivity index (χ1n) is 7.37. The fourth-order valence-corrected chi connectivity index (χ4v) is 2.49. The molecule has 0 aromatic heterocycles. The Morgan fingerprint density at radius 2 is 2.00 bits per heavy atom. The Kier molecular flexibility index (Phi) is 5.44. The van der Waals surface area contributed by atoms with E-state index in [0.717, 1.165) is 24.5 Å². The van der Waals surface area contributed by atoms with Gasteiger partial charge in [-0.2, -0.15) is 0 Å². The highest BCUT2D eigenvalue weighted by molar-refractivity contribution is 5.82. The third-order valence-electron chi connectivity index (χ3n) is 3.93. The molecule has 0 aliphatic carbocycles. The van der Waals surface area contributed by atoms with Crippen molar-refractivity contribution in [2.45, 2.75) is 19.4 Å². The molecule has 0 bridgehead atoms. The molecule has 2 unspecified atom stereocenters. The van der Waals surface area contributed by atoms with Gasteiger partial charge in [-0.05, 0) is 43.1 Å². The van der Waals surface area contributed by atoms with Crippen LogP contribution in [0.2, 0.25) is 0 Å². The molecule has 5 heteroatoms. The quantitative estimate of drug-likeness (QED) is 0.864. The summed E-state index contributed by atoms with van der Waals surface area (Å²) in [6.45, 7) is 4.10. The minimum Gasteiger partial charge on any atom is -0.497 e. The zero-order valence-electron chi connectivity index (χ0n) is 13.0. The maximum absolute atomic E-state index is 12.3. The van der Waals surface area contributed by atoms with Crippen LogP contribution in [0.25, 0.3) is 0 Å². The van der Waals surface area contributed by atoms with Crippen molar-refractivity contribution in [1.82, 2.24) is 10.2 Å². The van der Waals surface area contributed by atoms with E-state index in [9.17, 15) is 4.79 Å². The van der Waals surface area contributed by atoms with Crippen molar-refractivity contribution in [3.8, 4) is 11.5 Å². The summed E-state index contributed by atoms with van der Waals surface area (Å²) in [6.07, 6.45) is 1.06. The summed E-state index contributed by atoms with van der Waals surface area (Å²) in [5.41, 5.74) is 0. The van der Waals surface area contributed by atoms with E-state index in [1.165, 1.54) is 0 Å². The number of carbonyl (C=O) groups excluding carboxylic acids is 1. The summed E-state index contributed by atoms with van der Waals surface area (Å²) in [5.74, 6) is 2.14. The van der Waals surface area contributed by atoms with Crippen molar-refractivity contribution in [2.24, 2.45) is 5.92 Å². The number of nitrogens with one attached hydrogen (secondary N) is 1. The van der Waals surface area contributed by atoms with E-state index in [0.29, 0.717) is 19.1 Å². The highest BCUT2D eigenvalue weighted by Crippen LogP contribution is 2.18. The molecule has 1 aliphatic heterocycles. The fraction of sp³-hybridized carbons (Fsp3) is 0.562. The molecule has 0 saturated carbocycles. The average molecular weight is 292 g/mol. The number of ether oxygens (including phenoxy) is 2. The zero-order chi connectivity index (χ0) is 15.2. The number of hydrogen-bond acceptors (Lipinski definition) is 4. The third kappa shape index (κ3) is 4.11. The second-order valence-corrected chi connectivity index (χ2v) is 5.48. The zero-order valence-corrected chi connectivity index (χ0v) is 13.0. The third-order valence-corrected chi connectivity index (χ3v) is 3.93. The molecule has 0 spiro atoms. The van der Waals surface area contributed by atoms with Gasteiger partial charge in [0.25, 0.3) is 0 Å². The SMILES string of the molecule is COc1ccc(OCCN(C)C(=O)C2NCCC2C)cc1. The molecular weight excluding hydrogens is 268 g/mol. The minimum atomic E-state index is -0.0454. The van der Waals surface area contributed by atoms with Gasteiger partial charge < -0.3 is 19.7 Å². The van der Waals surface area contributed by atoms with E-state index in [2.05, 4.69) is 12.2 Å². The Balaban J connectivity index is 1.75. The molecule has 1 aliphatic rings. The van der Waals surface area contributed by atoms with E-state index in [1.54, 1.807) is 12.0 Å². The van der Waals surface area contributed by atoms with Crippen LogP contribution in [0.3, 0.4) is 0 Å². The Morgan fingerprint density at radius 1 is 1.33 bits per heavy atom. The molecule has 116 valence electrons. The van der Waals surface area contributed by atoms with Crippen LogP contribution >= 0.6 is 0 Å². The van der Waals surface area contributed by atoms with Gasteiger partial charge >= 0.3 is 0 Å². The Hall–Kier alpha value is -1.75. The van der Waals surface area contributed by atoms with E-state index in [1.807, 2.05) is 31.3 Å². The molecule has 1 fully saturated rings. The van der Waals surface area contributed by atoms with Gasteiger partial charge in [0.1, 0.15) is 18.1 Å². The first-order chi connectivity index (χ1) is 10.1. The van der Waals surface area contributed by atoms with Crippen LogP contribution < -0.4 is 14.8 Å². The highest BCUT2D eigenvalue weighted by Gasteiger charge is 2.31. The smallest absolute Gasteiger partial charge is 0.239 e. The lowest BCUT2D eigenvalue weighted by Crippen LogP contribution is -2.45. The van der Waals surface area contributed by atoms with Crippen molar-refractivity contribution in [3.05, 3.63) is 24.3 Å². The van der Waals surface area contributed by atoms with Crippen LogP contribution in [-0.2, 0) is 4.79 Å². The number of amides is 1. The molecule has 1 saturated heterocycles. The lowest BCUT2D eigenvalue weighted by atomic mass is 10.0. The lowest BCUT2D eigenvalue weighted by Gasteiger charge is -2.23. The van der Waals surface area contributed by atoms with Crippen molar-refractivity contribution >= 4 is 5.91 Å². The van der Waals surface area contributed by atoms with Crippen LogP contribution in [0.5, 0.6) is 11.5 Å². The summed E-state index contributed by atoms with van der Waals surface area (Å²) in [5, 5.41) is 3.26. The number of likely N-dealkylation sites (N-methyl/N-ethyl adjacent to an activating group) is 1. The van der Waals surface area contributed by atoms with Gasteiger partial charge in [0.15, 0.2) is 0 Å². The van der Waals surface area contributed by atoms with Crippen molar-refractivity contribution in [3.63, 3.8) is 0 Å². The van der Waals surface area contributed by atoms with E-state index >= 15 is 0 Å². The van der Waals surface area contributed by atoms with E-state index in [4.69, 9.17) is 9.47 Å². The van der Waals surface area contributed by atoms with Crippen molar-refractivity contribution in [2.75, 3.05) is 33.9 Å². The maximum Gasteiger partial charge on any atom is 0.239 e. The summed E-state index contributed by atoms with van der Waals surface area (Å²) in [7, 11) is 3.46. The van der Waals surface area contributed by atoms with Crippen LogP contribution in [0.1, 0.15) is 13.3 Å². The van der Waals surface area contributed by atoms with Gasteiger partial charge in [0, 0.05) is 7.05 Å². The fourth-order valence-electron chi connectivity index (χ4n) is 2.49. The number of benzene rings is 1. The molecule has 2 atom stereocenters. The normalized spacial score (nSPS) is 21.1. The largest absolute Gasteiger partial charge is 0.497 e. The summed E-state index contributed by atoms with van der Waals surface area (Å²) in [4.78, 5) is 14.0. The molecule has 21 heavy (non-hydrogen) atoms. The molecule has 1 N–H and O–H groups in total. The Morgan fingerprint density at radius 3 is 2.57 bits per heavy atom. The molecule has 5 nitrogen and oxygen atoms in total. The maximum atomic E-state index is 12.3. The first kappa shape index (κ1) is 15.6. The second kappa shape index (κ2) is 7.31. The van der Waals surface area contributed by atoms with Gasteiger partial charge in [-0.25, -0.2) is 0 Å². The standard InChI is InChI=1S/C16H24N2O3/c1-12-8-9-17-15(12)16(19)18(2)10-11-21-14-6-4-13(20-3)5-7-14/h4-7,12,15,17H,8-11H2,1-3H3. The Labute approximate surface area is 126 Å². The summed E-state index contributed by atoms with van der Waals surface area (Å²) in [6, 6.07) is 7.39. The molecule has 1 amide bonds. The predicted molar refractivity (Wildman–Crippen MR) is 81.7 cm³/mol. The second-order valence-electron chi connectivity index (χ2n) is 5.48. The predicted octanol–water partition coefficient (Wildman–Crippen LogP) is 1.53. The van der Waals surface area contributed by atoms with Crippen LogP contribution in [0.15, 0.2) is 24.3 Å². The number of nitrogens with zero attached hydrogens (tertiary/aromatic N) is 1. The summed E-state index contributed by atoms with van der Waals surface area (Å²) >= 11 is 0. The van der Waals surface area contributed by atoms with Crippen molar-refractivity contribution in [1.29, 1.82) is 0 Å².